The third-order valence-corrected chi connectivity index (χ3v) is 4.55. The number of nitrogens with zero attached hydrogens (tertiary/aromatic N) is 4. The van der Waals surface area contributed by atoms with Crippen molar-refractivity contribution in [2.24, 2.45) is 5.92 Å². The Labute approximate surface area is 132 Å². The minimum Gasteiger partial charge on any atom is -0.381 e. The summed E-state index contributed by atoms with van der Waals surface area (Å²) in [6.45, 7) is 11.3. The number of ether oxygens (including phenoxy) is 1. The number of rotatable bonds is 5. The monoisotopic (exact) mass is 302 g/mol. The van der Waals surface area contributed by atoms with E-state index in [1.807, 2.05) is 17.6 Å². The lowest BCUT2D eigenvalue weighted by Crippen LogP contribution is -2.32. The van der Waals surface area contributed by atoms with Crippen molar-refractivity contribution in [3.05, 3.63) is 29.2 Å². The molecule has 0 amide bonds. The lowest BCUT2D eigenvalue weighted by atomic mass is 9.99. The molecule has 5 nitrogen and oxygen atoms in total. The maximum atomic E-state index is 5.46. The van der Waals surface area contributed by atoms with Gasteiger partial charge in [0.1, 0.15) is 0 Å². The van der Waals surface area contributed by atoms with Crippen LogP contribution in [0.2, 0.25) is 0 Å². The Morgan fingerprint density at radius 3 is 2.82 bits per heavy atom. The second kappa shape index (κ2) is 6.75. The van der Waals surface area contributed by atoms with Gasteiger partial charge in [-0.1, -0.05) is 6.92 Å². The van der Waals surface area contributed by atoms with Crippen LogP contribution in [0.4, 0.5) is 0 Å². The van der Waals surface area contributed by atoms with Gasteiger partial charge in [-0.15, -0.1) is 0 Å². The average Bonchev–Trinajstić information content (AvgIpc) is 2.91. The highest BCUT2D eigenvalue weighted by molar-refractivity contribution is 5.47. The van der Waals surface area contributed by atoms with E-state index in [1.165, 1.54) is 18.4 Å². The highest BCUT2D eigenvalue weighted by atomic mass is 16.5. The van der Waals surface area contributed by atoms with Crippen LogP contribution in [0, 0.1) is 19.8 Å². The van der Waals surface area contributed by atoms with Crippen LogP contribution in [-0.2, 0) is 11.3 Å². The highest BCUT2D eigenvalue weighted by Gasteiger charge is 2.18. The molecular weight excluding hydrogens is 276 g/mol. The standard InChI is InChI=1S/C17H26N4O/c1-4-20(11-15-5-7-22-8-6-15)12-16-10-18-21-14(3)9-13(2)19-17(16)21/h9-10,15H,4-8,11-12H2,1-3H3. The third kappa shape index (κ3) is 3.31. The molecule has 0 aromatic carbocycles. The summed E-state index contributed by atoms with van der Waals surface area (Å²) in [7, 11) is 0. The van der Waals surface area contributed by atoms with Gasteiger partial charge in [0.15, 0.2) is 5.65 Å². The van der Waals surface area contributed by atoms with Crippen LogP contribution < -0.4 is 0 Å². The minimum atomic E-state index is 0.756. The van der Waals surface area contributed by atoms with Crippen molar-refractivity contribution >= 4 is 5.65 Å². The fourth-order valence-corrected chi connectivity index (χ4v) is 3.27. The van der Waals surface area contributed by atoms with Crippen LogP contribution in [0.5, 0.6) is 0 Å². The zero-order chi connectivity index (χ0) is 15.5. The number of aromatic nitrogens is 3. The van der Waals surface area contributed by atoms with Gasteiger partial charge < -0.3 is 4.74 Å². The molecule has 1 fully saturated rings. The van der Waals surface area contributed by atoms with Crippen molar-refractivity contribution in [3.8, 4) is 0 Å². The Morgan fingerprint density at radius 1 is 1.32 bits per heavy atom. The average molecular weight is 302 g/mol. The van der Waals surface area contributed by atoms with E-state index in [1.54, 1.807) is 0 Å². The minimum absolute atomic E-state index is 0.756. The van der Waals surface area contributed by atoms with E-state index < -0.39 is 0 Å². The molecule has 1 saturated heterocycles. The summed E-state index contributed by atoms with van der Waals surface area (Å²) in [4.78, 5) is 7.19. The molecule has 1 aliphatic heterocycles. The Hall–Kier alpha value is -1.46. The summed E-state index contributed by atoms with van der Waals surface area (Å²) in [5, 5.41) is 4.50. The normalized spacial score (nSPS) is 16.7. The highest BCUT2D eigenvalue weighted by Crippen LogP contribution is 2.19. The van der Waals surface area contributed by atoms with Crippen LogP contribution in [-0.4, -0.2) is 45.8 Å². The number of hydrogen-bond donors (Lipinski definition) is 0. The summed E-state index contributed by atoms with van der Waals surface area (Å²) in [6, 6.07) is 2.07. The maximum Gasteiger partial charge on any atom is 0.159 e. The van der Waals surface area contributed by atoms with Crippen molar-refractivity contribution in [2.45, 2.75) is 40.2 Å². The first-order chi connectivity index (χ1) is 10.7. The first kappa shape index (κ1) is 15.4. The van der Waals surface area contributed by atoms with E-state index in [4.69, 9.17) is 4.74 Å². The van der Waals surface area contributed by atoms with Gasteiger partial charge in [-0.25, -0.2) is 9.50 Å². The topological polar surface area (TPSA) is 42.7 Å². The van der Waals surface area contributed by atoms with E-state index in [0.717, 1.165) is 55.8 Å². The van der Waals surface area contributed by atoms with Gasteiger partial charge >= 0.3 is 0 Å². The van der Waals surface area contributed by atoms with Crippen molar-refractivity contribution in [2.75, 3.05) is 26.3 Å². The summed E-state index contributed by atoms with van der Waals surface area (Å²) in [6.07, 6.45) is 4.34. The van der Waals surface area contributed by atoms with Gasteiger partial charge in [0.25, 0.3) is 0 Å². The molecule has 0 N–H and O–H groups in total. The molecule has 0 atom stereocenters. The van der Waals surface area contributed by atoms with Crippen LogP contribution in [0.1, 0.15) is 36.7 Å². The largest absolute Gasteiger partial charge is 0.381 e. The third-order valence-electron chi connectivity index (χ3n) is 4.55. The Balaban J connectivity index is 1.75. The van der Waals surface area contributed by atoms with Gasteiger partial charge in [-0.05, 0) is 45.2 Å². The first-order valence-electron chi connectivity index (χ1n) is 8.28. The fourth-order valence-electron chi connectivity index (χ4n) is 3.27. The molecule has 1 aliphatic rings. The van der Waals surface area contributed by atoms with Crippen LogP contribution in [0.3, 0.4) is 0 Å². The van der Waals surface area contributed by atoms with Crippen LogP contribution in [0.25, 0.3) is 5.65 Å². The van der Waals surface area contributed by atoms with E-state index in [2.05, 4.69) is 34.9 Å². The first-order valence-corrected chi connectivity index (χ1v) is 8.28. The summed E-state index contributed by atoms with van der Waals surface area (Å²) in [5.41, 5.74) is 4.42. The van der Waals surface area contributed by atoms with E-state index in [9.17, 15) is 0 Å². The summed E-state index contributed by atoms with van der Waals surface area (Å²) in [5.74, 6) is 0.756. The lowest BCUT2D eigenvalue weighted by molar-refractivity contribution is 0.0522. The quantitative estimate of drug-likeness (QED) is 0.851. The summed E-state index contributed by atoms with van der Waals surface area (Å²) >= 11 is 0. The molecule has 2 aromatic heterocycles. The van der Waals surface area contributed by atoms with Crippen molar-refractivity contribution in [1.29, 1.82) is 0 Å². The Bertz CT molecular complexity index is 631. The zero-order valence-electron chi connectivity index (χ0n) is 13.9. The predicted octanol–water partition coefficient (Wildman–Crippen LogP) is 2.59. The molecule has 5 heteroatoms. The van der Waals surface area contributed by atoms with E-state index in [-0.39, 0.29) is 0 Å². The molecule has 0 bridgehead atoms. The van der Waals surface area contributed by atoms with E-state index in [0.29, 0.717) is 0 Å². The van der Waals surface area contributed by atoms with Gasteiger partial charge in [0.2, 0.25) is 0 Å². The van der Waals surface area contributed by atoms with Crippen molar-refractivity contribution < 1.29 is 4.74 Å². The van der Waals surface area contributed by atoms with Crippen LogP contribution in [0.15, 0.2) is 12.3 Å². The molecule has 120 valence electrons. The Kier molecular flexibility index (Phi) is 4.74. The van der Waals surface area contributed by atoms with Crippen LogP contribution >= 0.6 is 0 Å². The second-order valence-electron chi connectivity index (χ2n) is 6.33. The molecular formula is C17H26N4O. The second-order valence-corrected chi connectivity index (χ2v) is 6.33. The Morgan fingerprint density at radius 2 is 2.09 bits per heavy atom. The van der Waals surface area contributed by atoms with Gasteiger partial charge in [0.05, 0.1) is 6.20 Å². The molecule has 3 rings (SSSR count). The SMILES string of the molecule is CCN(Cc1cnn2c(C)cc(C)nc12)CC1CCOCC1. The zero-order valence-corrected chi connectivity index (χ0v) is 13.9. The van der Waals surface area contributed by atoms with Gasteiger partial charge in [-0.2, -0.15) is 5.10 Å². The molecule has 0 radical (unpaired) electrons. The molecule has 0 spiro atoms. The van der Waals surface area contributed by atoms with Crippen molar-refractivity contribution in [3.63, 3.8) is 0 Å². The van der Waals surface area contributed by atoms with Gasteiger partial charge in [0, 0.05) is 43.3 Å². The predicted molar refractivity (Wildman–Crippen MR) is 87.0 cm³/mol. The van der Waals surface area contributed by atoms with Crippen molar-refractivity contribution in [1.82, 2.24) is 19.5 Å². The molecule has 0 aliphatic carbocycles. The molecule has 0 unspecified atom stereocenters. The molecule has 3 heterocycles. The van der Waals surface area contributed by atoms with E-state index >= 15 is 0 Å². The lowest BCUT2D eigenvalue weighted by Gasteiger charge is -2.28. The molecule has 0 saturated carbocycles. The fraction of sp³-hybridized carbons (Fsp3) is 0.647. The molecule has 22 heavy (non-hydrogen) atoms. The number of hydrogen-bond acceptors (Lipinski definition) is 4. The number of aryl methyl sites for hydroxylation is 2. The maximum absolute atomic E-state index is 5.46. The molecule has 2 aromatic rings. The van der Waals surface area contributed by atoms with Gasteiger partial charge in [-0.3, -0.25) is 4.90 Å². The summed E-state index contributed by atoms with van der Waals surface area (Å²) < 4.78 is 7.41. The number of fused-ring (bicyclic) bond motifs is 1. The smallest absolute Gasteiger partial charge is 0.159 e.